The summed E-state index contributed by atoms with van der Waals surface area (Å²) in [5.74, 6) is -2.77. The van der Waals surface area contributed by atoms with Crippen LogP contribution in [0.15, 0.2) is 30.1 Å². The molecule has 0 saturated carbocycles. The average Bonchev–Trinajstić information content (AvgIpc) is 3.08. The molecule has 0 aromatic heterocycles. The Morgan fingerprint density at radius 2 is 1.91 bits per heavy atom. The highest BCUT2D eigenvalue weighted by Crippen LogP contribution is 2.34. The van der Waals surface area contributed by atoms with Crippen LogP contribution in [0.1, 0.15) is 49.5 Å². The molecule has 9 heteroatoms. The van der Waals surface area contributed by atoms with Crippen LogP contribution < -0.4 is 9.47 Å². The summed E-state index contributed by atoms with van der Waals surface area (Å²) in [4.78, 5) is 25.7. The summed E-state index contributed by atoms with van der Waals surface area (Å²) in [6, 6.07) is 3.23. The number of cyclic esters (lactones) is 1. The van der Waals surface area contributed by atoms with Gasteiger partial charge in [0.1, 0.15) is 23.2 Å². The van der Waals surface area contributed by atoms with E-state index in [1.54, 1.807) is 45.1 Å². The smallest absolute Gasteiger partial charge is 0.342 e. The third-order valence-corrected chi connectivity index (χ3v) is 5.16. The molecule has 0 bridgehead atoms. The normalized spacial score (nSPS) is 25.4. The molecule has 1 aromatic carbocycles. The van der Waals surface area contributed by atoms with E-state index < -0.39 is 41.7 Å². The molecule has 1 aromatic rings. The lowest BCUT2D eigenvalue weighted by Gasteiger charge is -2.18. The van der Waals surface area contributed by atoms with E-state index in [0.717, 1.165) is 6.08 Å². The van der Waals surface area contributed by atoms with Gasteiger partial charge in [-0.3, -0.25) is 4.79 Å². The van der Waals surface area contributed by atoms with Crippen molar-refractivity contribution in [2.45, 2.75) is 57.7 Å². The average molecular weight is 464 g/mol. The maximum absolute atomic E-state index is 14.6. The maximum atomic E-state index is 14.6. The molecular formula is C24H29FO8. The van der Waals surface area contributed by atoms with Crippen LogP contribution in [0.25, 0.3) is 6.08 Å². The summed E-state index contributed by atoms with van der Waals surface area (Å²) in [7, 11) is 2.96. The van der Waals surface area contributed by atoms with Crippen molar-refractivity contribution in [1.29, 1.82) is 0 Å². The van der Waals surface area contributed by atoms with E-state index in [9.17, 15) is 14.0 Å². The summed E-state index contributed by atoms with van der Waals surface area (Å²) < 4.78 is 47.6. The Hall–Kier alpha value is -2.75. The van der Waals surface area contributed by atoms with Crippen molar-refractivity contribution in [3.8, 4) is 11.5 Å². The van der Waals surface area contributed by atoms with Crippen molar-refractivity contribution in [2.24, 2.45) is 0 Å². The van der Waals surface area contributed by atoms with Crippen LogP contribution in [-0.4, -0.2) is 56.9 Å². The third-order valence-electron chi connectivity index (χ3n) is 5.16. The Bertz CT molecular complexity index is 952. The zero-order valence-corrected chi connectivity index (χ0v) is 19.4. The molecule has 0 spiro atoms. The minimum atomic E-state index is -1.09. The van der Waals surface area contributed by atoms with Gasteiger partial charge in [-0.2, -0.15) is 0 Å². The van der Waals surface area contributed by atoms with Crippen LogP contribution >= 0.6 is 0 Å². The molecule has 2 aliphatic heterocycles. The first kappa shape index (κ1) is 24.9. The first-order valence-corrected chi connectivity index (χ1v) is 10.6. The van der Waals surface area contributed by atoms with Gasteiger partial charge in [0.25, 0.3) is 0 Å². The summed E-state index contributed by atoms with van der Waals surface area (Å²) in [6.45, 7) is 4.85. The van der Waals surface area contributed by atoms with E-state index in [2.05, 4.69) is 0 Å². The van der Waals surface area contributed by atoms with Gasteiger partial charge in [0.2, 0.25) is 5.78 Å². The number of halogens is 1. The molecule has 3 rings (SSSR count). The molecule has 8 nitrogen and oxygen atoms in total. The first-order chi connectivity index (χ1) is 15.6. The van der Waals surface area contributed by atoms with E-state index >= 15 is 0 Å². The first-order valence-electron chi connectivity index (χ1n) is 10.6. The topological polar surface area (TPSA) is 89.5 Å². The molecule has 1 fully saturated rings. The van der Waals surface area contributed by atoms with Crippen molar-refractivity contribution in [2.75, 3.05) is 21.0 Å². The van der Waals surface area contributed by atoms with Crippen LogP contribution in [0.2, 0.25) is 0 Å². The second kappa shape index (κ2) is 10.5. The van der Waals surface area contributed by atoms with Gasteiger partial charge in [-0.1, -0.05) is 12.2 Å². The van der Waals surface area contributed by atoms with E-state index in [1.807, 2.05) is 0 Å². The standard InChI is InChI=1S/C24H29FO8/c1-14-9-10-17(25)21(26)22-18(32-24(2,3)33-22)8-6-7-15-11-16(29-5)12-19(30-13-28-4)20(15)23(27)31-14/h6-7,10-12,14,18,22H,8-9,13H2,1-5H3/t14?,18-,22-/m0/s1. The van der Waals surface area contributed by atoms with Crippen LogP contribution in [0.5, 0.6) is 11.5 Å². The molecule has 1 unspecified atom stereocenters. The molecule has 0 radical (unpaired) electrons. The van der Waals surface area contributed by atoms with Gasteiger partial charge in [-0.25, -0.2) is 9.18 Å². The number of carbonyl (C=O) groups is 2. The van der Waals surface area contributed by atoms with Gasteiger partial charge in [0.05, 0.1) is 13.2 Å². The van der Waals surface area contributed by atoms with E-state index in [4.69, 9.17) is 28.4 Å². The molecule has 1 saturated heterocycles. The number of carbonyl (C=O) groups excluding carboxylic acids is 2. The highest BCUT2D eigenvalue weighted by atomic mass is 19.1. The summed E-state index contributed by atoms with van der Waals surface area (Å²) in [6.07, 6.45) is 2.24. The molecule has 180 valence electrons. The highest BCUT2D eigenvalue weighted by molar-refractivity contribution is 5.98. The minimum absolute atomic E-state index is 0.000535. The molecular weight excluding hydrogens is 435 g/mol. The lowest BCUT2D eigenvalue weighted by molar-refractivity contribution is -0.153. The number of fused-ring (bicyclic) bond motifs is 2. The fourth-order valence-corrected chi connectivity index (χ4v) is 3.67. The van der Waals surface area contributed by atoms with Crippen molar-refractivity contribution in [1.82, 2.24) is 0 Å². The van der Waals surface area contributed by atoms with E-state index in [-0.39, 0.29) is 30.9 Å². The Morgan fingerprint density at radius 3 is 2.61 bits per heavy atom. The number of ether oxygens (including phenoxy) is 6. The predicted octanol–water partition coefficient (Wildman–Crippen LogP) is 3.97. The highest BCUT2D eigenvalue weighted by Gasteiger charge is 2.45. The van der Waals surface area contributed by atoms with Crippen LogP contribution in [0.3, 0.4) is 0 Å². The Labute approximate surface area is 192 Å². The van der Waals surface area contributed by atoms with Crippen molar-refractivity contribution in [3.63, 3.8) is 0 Å². The second-order valence-corrected chi connectivity index (χ2v) is 8.24. The molecule has 33 heavy (non-hydrogen) atoms. The number of rotatable bonds is 4. The number of Topliss-reactive ketones (excluding diaryl/α,β-unsaturated/α-hetero) is 1. The van der Waals surface area contributed by atoms with Crippen LogP contribution in [0.4, 0.5) is 4.39 Å². The number of methoxy groups -OCH3 is 2. The van der Waals surface area contributed by atoms with Gasteiger partial charge in [0, 0.05) is 19.6 Å². The summed E-state index contributed by atoms with van der Waals surface area (Å²) in [5, 5.41) is 0. The lowest BCUT2D eigenvalue weighted by Crippen LogP contribution is -2.32. The summed E-state index contributed by atoms with van der Waals surface area (Å²) in [5.41, 5.74) is 0.659. The van der Waals surface area contributed by atoms with Gasteiger partial charge in [0.15, 0.2) is 24.5 Å². The maximum Gasteiger partial charge on any atom is 0.342 e. The largest absolute Gasteiger partial charge is 0.497 e. The minimum Gasteiger partial charge on any atom is -0.497 e. The SMILES string of the molecule is COCOc1cc(OC)cc2c1C(=O)OC(C)CC=C(F)C(=O)[C@H]1OC(C)(C)O[C@H]1CC=C2. The molecule has 3 atom stereocenters. The fourth-order valence-electron chi connectivity index (χ4n) is 3.67. The van der Waals surface area contributed by atoms with E-state index in [0.29, 0.717) is 11.3 Å². The number of esters is 1. The van der Waals surface area contributed by atoms with Gasteiger partial charge < -0.3 is 28.4 Å². The van der Waals surface area contributed by atoms with Gasteiger partial charge in [-0.15, -0.1) is 0 Å². The monoisotopic (exact) mass is 464 g/mol. The Kier molecular flexibility index (Phi) is 7.88. The van der Waals surface area contributed by atoms with Crippen LogP contribution in [-0.2, 0) is 23.7 Å². The Morgan fingerprint density at radius 1 is 1.15 bits per heavy atom. The van der Waals surface area contributed by atoms with Crippen molar-refractivity contribution < 1.29 is 42.4 Å². The molecule has 2 aliphatic rings. The molecule has 0 aliphatic carbocycles. The number of ketones is 1. The predicted molar refractivity (Wildman–Crippen MR) is 117 cm³/mol. The van der Waals surface area contributed by atoms with Gasteiger partial charge >= 0.3 is 5.97 Å². The second-order valence-electron chi connectivity index (χ2n) is 8.24. The number of hydrogen-bond donors (Lipinski definition) is 0. The molecule has 0 amide bonds. The quantitative estimate of drug-likeness (QED) is 0.489. The Balaban J connectivity index is 2.06. The zero-order chi connectivity index (χ0) is 24.2. The zero-order valence-electron chi connectivity index (χ0n) is 19.4. The lowest BCUT2D eigenvalue weighted by atomic mass is 10.0. The van der Waals surface area contributed by atoms with Crippen molar-refractivity contribution in [3.05, 3.63) is 41.2 Å². The number of benzene rings is 1. The third kappa shape index (κ3) is 5.98. The van der Waals surface area contributed by atoms with E-state index in [1.165, 1.54) is 14.2 Å². The van der Waals surface area contributed by atoms with Crippen LogP contribution in [0, 0.1) is 0 Å². The number of hydrogen-bond acceptors (Lipinski definition) is 8. The summed E-state index contributed by atoms with van der Waals surface area (Å²) >= 11 is 0. The fraction of sp³-hybridized carbons (Fsp3) is 0.500. The van der Waals surface area contributed by atoms with Gasteiger partial charge in [-0.05, 0) is 44.9 Å². The van der Waals surface area contributed by atoms with Crippen molar-refractivity contribution >= 4 is 17.8 Å². The molecule has 2 heterocycles. The molecule has 0 N–H and O–H groups in total.